The zero-order chi connectivity index (χ0) is 17.2. The summed E-state index contributed by atoms with van der Waals surface area (Å²) in [5.41, 5.74) is 1.69. The number of likely N-dealkylation sites (N-methyl/N-ethyl adjacent to an activating group) is 1. The SMILES string of the molecule is CCOC(=O)Oc1ccc2c(c1)CN(C)CC2C1(O)CCCCC1. The minimum absolute atomic E-state index is 0.114. The van der Waals surface area contributed by atoms with Crippen LogP contribution in [0, 0.1) is 0 Å². The van der Waals surface area contributed by atoms with Crippen molar-refractivity contribution in [3.05, 3.63) is 29.3 Å². The lowest BCUT2D eigenvalue weighted by molar-refractivity contribution is -0.0333. The van der Waals surface area contributed by atoms with Crippen LogP contribution in [0.4, 0.5) is 4.79 Å². The molecule has 1 aromatic carbocycles. The van der Waals surface area contributed by atoms with Crippen molar-refractivity contribution in [2.75, 3.05) is 20.2 Å². The molecule has 0 amide bonds. The molecule has 1 aliphatic carbocycles. The average molecular weight is 333 g/mol. The van der Waals surface area contributed by atoms with Gasteiger partial charge in [-0.25, -0.2) is 4.79 Å². The maximum Gasteiger partial charge on any atom is 0.513 e. The van der Waals surface area contributed by atoms with Gasteiger partial charge in [-0.15, -0.1) is 0 Å². The number of fused-ring (bicyclic) bond motifs is 1. The third-order valence-electron chi connectivity index (χ3n) is 5.26. The van der Waals surface area contributed by atoms with Gasteiger partial charge in [-0.2, -0.15) is 0 Å². The van der Waals surface area contributed by atoms with E-state index >= 15 is 0 Å². The summed E-state index contributed by atoms with van der Waals surface area (Å²) >= 11 is 0. The van der Waals surface area contributed by atoms with Crippen LogP contribution < -0.4 is 4.74 Å². The van der Waals surface area contributed by atoms with Crippen molar-refractivity contribution in [3.63, 3.8) is 0 Å². The fourth-order valence-electron chi connectivity index (χ4n) is 4.10. The standard InChI is InChI=1S/C19H27NO4/c1-3-23-18(21)24-15-7-8-16-14(11-15)12-20(2)13-17(16)19(22)9-5-4-6-10-19/h7-8,11,17,22H,3-6,9-10,12-13H2,1-2H3. The van der Waals surface area contributed by atoms with E-state index in [1.165, 1.54) is 12.0 Å². The van der Waals surface area contributed by atoms with Crippen LogP contribution in [0.2, 0.25) is 0 Å². The summed E-state index contributed by atoms with van der Waals surface area (Å²) in [4.78, 5) is 13.7. The number of carbonyl (C=O) groups is 1. The van der Waals surface area contributed by atoms with E-state index in [9.17, 15) is 9.90 Å². The van der Waals surface area contributed by atoms with Gasteiger partial charge in [-0.1, -0.05) is 25.3 Å². The number of rotatable bonds is 3. The Morgan fingerprint density at radius 3 is 2.79 bits per heavy atom. The van der Waals surface area contributed by atoms with E-state index in [1.54, 1.807) is 13.0 Å². The highest BCUT2D eigenvalue weighted by Crippen LogP contribution is 2.44. The molecule has 24 heavy (non-hydrogen) atoms. The van der Waals surface area contributed by atoms with Gasteiger partial charge >= 0.3 is 6.16 Å². The molecule has 1 fully saturated rings. The van der Waals surface area contributed by atoms with Gasteiger partial charge in [0.1, 0.15) is 5.75 Å². The van der Waals surface area contributed by atoms with Gasteiger partial charge in [-0.05, 0) is 50.1 Å². The molecule has 2 aliphatic rings. The van der Waals surface area contributed by atoms with Crippen LogP contribution in [0.1, 0.15) is 56.1 Å². The van der Waals surface area contributed by atoms with Crippen molar-refractivity contribution in [1.29, 1.82) is 0 Å². The normalized spacial score (nSPS) is 23.4. The third kappa shape index (κ3) is 3.57. The van der Waals surface area contributed by atoms with Crippen molar-refractivity contribution in [1.82, 2.24) is 4.90 Å². The first-order valence-corrected chi connectivity index (χ1v) is 8.90. The van der Waals surface area contributed by atoms with Gasteiger partial charge in [0.15, 0.2) is 0 Å². The Morgan fingerprint density at radius 2 is 2.08 bits per heavy atom. The molecule has 1 aliphatic heterocycles. The molecule has 1 atom stereocenters. The molecule has 0 saturated heterocycles. The fourth-order valence-corrected chi connectivity index (χ4v) is 4.10. The smallest absolute Gasteiger partial charge is 0.434 e. The molecule has 0 aromatic heterocycles. The van der Waals surface area contributed by atoms with E-state index < -0.39 is 11.8 Å². The zero-order valence-corrected chi connectivity index (χ0v) is 14.6. The molecule has 3 rings (SSSR count). The second kappa shape index (κ2) is 7.11. The molecular weight excluding hydrogens is 306 g/mol. The van der Waals surface area contributed by atoms with Crippen LogP contribution in [0.25, 0.3) is 0 Å². The van der Waals surface area contributed by atoms with E-state index in [-0.39, 0.29) is 5.92 Å². The highest BCUT2D eigenvalue weighted by molar-refractivity contribution is 5.64. The molecular formula is C19H27NO4. The summed E-state index contributed by atoms with van der Waals surface area (Å²) in [6.07, 6.45) is 4.46. The van der Waals surface area contributed by atoms with Gasteiger partial charge < -0.3 is 19.5 Å². The maximum absolute atomic E-state index is 11.5. The van der Waals surface area contributed by atoms with Gasteiger partial charge in [0.2, 0.25) is 0 Å². The monoisotopic (exact) mass is 333 g/mol. The quantitative estimate of drug-likeness (QED) is 0.678. The van der Waals surface area contributed by atoms with Crippen LogP contribution >= 0.6 is 0 Å². The highest BCUT2D eigenvalue weighted by atomic mass is 16.7. The molecule has 0 radical (unpaired) electrons. The molecule has 5 nitrogen and oxygen atoms in total. The Kier molecular flexibility index (Phi) is 5.11. The molecule has 1 heterocycles. The molecule has 0 spiro atoms. The number of nitrogens with zero attached hydrogens (tertiary/aromatic N) is 1. The van der Waals surface area contributed by atoms with E-state index in [1.807, 2.05) is 12.1 Å². The maximum atomic E-state index is 11.5. The number of carbonyl (C=O) groups excluding carboxylic acids is 1. The lowest BCUT2D eigenvalue weighted by atomic mass is 9.70. The van der Waals surface area contributed by atoms with Crippen LogP contribution in [0.3, 0.4) is 0 Å². The Morgan fingerprint density at radius 1 is 1.33 bits per heavy atom. The molecule has 132 valence electrons. The van der Waals surface area contributed by atoms with Crippen molar-refractivity contribution < 1.29 is 19.4 Å². The molecule has 5 heteroatoms. The van der Waals surface area contributed by atoms with E-state index in [2.05, 4.69) is 11.9 Å². The number of hydrogen-bond donors (Lipinski definition) is 1. The van der Waals surface area contributed by atoms with Crippen molar-refractivity contribution in [3.8, 4) is 5.75 Å². The minimum atomic E-state index is -0.677. The number of ether oxygens (including phenoxy) is 2. The lowest BCUT2D eigenvalue weighted by Gasteiger charge is -2.44. The Balaban J connectivity index is 1.85. The summed E-state index contributed by atoms with van der Waals surface area (Å²) in [5.74, 6) is 0.611. The second-order valence-electron chi connectivity index (χ2n) is 7.06. The zero-order valence-electron chi connectivity index (χ0n) is 14.6. The summed E-state index contributed by atoms with van der Waals surface area (Å²) in [5, 5.41) is 11.2. The molecule has 0 bridgehead atoms. The van der Waals surface area contributed by atoms with Crippen LogP contribution in [-0.2, 0) is 11.3 Å². The van der Waals surface area contributed by atoms with E-state index in [4.69, 9.17) is 9.47 Å². The predicted octanol–water partition coefficient (Wildman–Crippen LogP) is 3.45. The second-order valence-corrected chi connectivity index (χ2v) is 7.06. The van der Waals surface area contributed by atoms with Crippen LogP contribution in [0.5, 0.6) is 5.75 Å². The Hall–Kier alpha value is -1.59. The predicted molar refractivity (Wildman–Crippen MR) is 91.2 cm³/mol. The topological polar surface area (TPSA) is 59.0 Å². The Bertz CT molecular complexity index is 595. The molecule has 1 unspecified atom stereocenters. The summed E-state index contributed by atoms with van der Waals surface area (Å²) < 4.78 is 10.1. The first kappa shape index (κ1) is 17.2. The van der Waals surface area contributed by atoms with E-state index in [0.717, 1.165) is 44.3 Å². The number of hydrogen-bond acceptors (Lipinski definition) is 5. The minimum Gasteiger partial charge on any atom is -0.434 e. The van der Waals surface area contributed by atoms with Gasteiger partial charge in [0.05, 0.1) is 12.2 Å². The molecule has 1 N–H and O–H groups in total. The Labute approximate surface area is 143 Å². The average Bonchev–Trinajstić information content (AvgIpc) is 2.54. The largest absolute Gasteiger partial charge is 0.513 e. The summed E-state index contributed by atoms with van der Waals surface area (Å²) in [7, 11) is 2.07. The fraction of sp³-hybridized carbons (Fsp3) is 0.632. The molecule has 1 saturated carbocycles. The highest BCUT2D eigenvalue weighted by Gasteiger charge is 2.41. The summed E-state index contributed by atoms with van der Waals surface area (Å²) in [6, 6.07) is 5.72. The van der Waals surface area contributed by atoms with E-state index in [0.29, 0.717) is 12.4 Å². The van der Waals surface area contributed by atoms with Gasteiger partial charge in [0.25, 0.3) is 0 Å². The first-order valence-electron chi connectivity index (χ1n) is 8.90. The third-order valence-corrected chi connectivity index (χ3v) is 5.26. The lowest BCUT2D eigenvalue weighted by Crippen LogP contribution is -2.46. The molecule has 1 aromatic rings. The van der Waals surface area contributed by atoms with Crippen molar-refractivity contribution >= 4 is 6.16 Å². The van der Waals surface area contributed by atoms with Gasteiger partial charge in [-0.3, -0.25) is 0 Å². The van der Waals surface area contributed by atoms with Crippen molar-refractivity contribution in [2.24, 2.45) is 0 Å². The number of aliphatic hydroxyl groups is 1. The van der Waals surface area contributed by atoms with Crippen LogP contribution in [0.15, 0.2) is 18.2 Å². The van der Waals surface area contributed by atoms with Crippen LogP contribution in [-0.4, -0.2) is 42.0 Å². The number of benzene rings is 1. The van der Waals surface area contributed by atoms with Crippen molar-refractivity contribution in [2.45, 2.75) is 57.1 Å². The summed E-state index contributed by atoms with van der Waals surface area (Å²) in [6.45, 7) is 3.70. The first-order chi connectivity index (χ1) is 11.5. The van der Waals surface area contributed by atoms with Gasteiger partial charge in [0, 0.05) is 19.0 Å².